The predicted molar refractivity (Wildman–Crippen MR) is 261 cm³/mol. The Kier molecular flexibility index (Phi) is 48.3. The molecule has 0 heterocycles. The molecule has 0 aromatic rings. The zero-order valence-electron chi connectivity index (χ0n) is 40.7. The maximum absolute atomic E-state index is 12.7. The predicted octanol–water partition coefficient (Wildman–Crippen LogP) is 17.3. The minimum Gasteiger partial charge on any atom is -0.462 e. The van der Waals surface area contributed by atoms with Gasteiger partial charge < -0.3 is 14.2 Å². The third kappa shape index (κ3) is 48.5. The molecule has 61 heavy (non-hydrogen) atoms. The first-order chi connectivity index (χ1) is 30.0. The molecule has 0 saturated heterocycles. The van der Waals surface area contributed by atoms with Crippen LogP contribution in [0.3, 0.4) is 0 Å². The Morgan fingerprint density at radius 3 is 0.951 bits per heavy atom. The molecule has 356 valence electrons. The molecular weight excluding hydrogens is 757 g/mol. The van der Waals surface area contributed by atoms with Crippen LogP contribution in [0.1, 0.15) is 278 Å². The van der Waals surface area contributed by atoms with E-state index < -0.39 is 6.10 Å². The summed E-state index contributed by atoms with van der Waals surface area (Å²) >= 11 is 0. The van der Waals surface area contributed by atoms with Gasteiger partial charge in [-0.3, -0.25) is 14.4 Å². The quantitative estimate of drug-likeness (QED) is 0.0262. The highest BCUT2D eigenvalue weighted by Crippen LogP contribution is 2.15. The summed E-state index contributed by atoms with van der Waals surface area (Å²) in [5, 5.41) is 0. The Balaban J connectivity index is 4.13. The summed E-state index contributed by atoms with van der Waals surface area (Å²) in [6.45, 7) is 6.54. The zero-order valence-corrected chi connectivity index (χ0v) is 40.7. The molecule has 6 nitrogen and oxygen atoms in total. The van der Waals surface area contributed by atoms with E-state index in [-0.39, 0.29) is 31.1 Å². The molecule has 0 N–H and O–H groups in total. The molecule has 1 unspecified atom stereocenters. The second-order valence-corrected chi connectivity index (χ2v) is 17.8. The molecular formula is C55H100O6. The third-order valence-electron chi connectivity index (χ3n) is 11.6. The van der Waals surface area contributed by atoms with Gasteiger partial charge in [-0.25, -0.2) is 0 Å². The minimum atomic E-state index is -0.769. The van der Waals surface area contributed by atoms with E-state index in [1.165, 1.54) is 167 Å². The molecule has 0 spiro atoms. The van der Waals surface area contributed by atoms with Crippen molar-refractivity contribution in [2.45, 2.75) is 284 Å². The van der Waals surface area contributed by atoms with Gasteiger partial charge in [-0.2, -0.15) is 0 Å². The Labute approximate surface area is 378 Å². The van der Waals surface area contributed by atoms with E-state index in [0.717, 1.165) is 70.6 Å². The molecule has 0 aromatic carbocycles. The molecule has 0 aliphatic carbocycles. The summed E-state index contributed by atoms with van der Waals surface area (Å²) < 4.78 is 16.7. The van der Waals surface area contributed by atoms with Crippen molar-refractivity contribution >= 4 is 17.9 Å². The first kappa shape index (κ1) is 58.6. The van der Waals surface area contributed by atoms with Gasteiger partial charge in [0.25, 0.3) is 0 Å². The lowest BCUT2D eigenvalue weighted by atomic mass is 10.1. The van der Waals surface area contributed by atoms with Crippen LogP contribution in [0.25, 0.3) is 0 Å². The number of unbranched alkanes of at least 4 members (excludes halogenated alkanes) is 31. The Morgan fingerprint density at radius 1 is 0.328 bits per heavy atom. The smallest absolute Gasteiger partial charge is 0.306 e. The fourth-order valence-corrected chi connectivity index (χ4v) is 7.59. The standard InChI is InChI=1S/C55H100O6/c1-4-7-10-13-15-17-19-21-23-25-27-29-31-33-35-37-39-42-45-48-54(57)60-51-52(50-59-53(56)47-44-41-12-9-6-3)61-55(58)49-46-43-40-38-36-34-32-30-28-26-24-22-20-18-16-14-11-8-5-2/h15,17,21-24,52H,4-14,16,18-20,25-51H2,1-3H3/b17-15-,23-21-,24-22-. The van der Waals surface area contributed by atoms with Gasteiger partial charge in [0.1, 0.15) is 13.2 Å². The normalized spacial score (nSPS) is 12.2. The lowest BCUT2D eigenvalue weighted by Crippen LogP contribution is -2.30. The highest BCUT2D eigenvalue weighted by molar-refractivity contribution is 5.71. The highest BCUT2D eigenvalue weighted by Gasteiger charge is 2.19. The van der Waals surface area contributed by atoms with E-state index in [0.29, 0.717) is 19.3 Å². The van der Waals surface area contributed by atoms with E-state index in [1.807, 2.05) is 0 Å². The van der Waals surface area contributed by atoms with Crippen LogP contribution in [0.4, 0.5) is 0 Å². The van der Waals surface area contributed by atoms with E-state index in [9.17, 15) is 14.4 Å². The van der Waals surface area contributed by atoms with Crippen molar-refractivity contribution in [2.75, 3.05) is 13.2 Å². The van der Waals surface area contributed by atoms with Gasteiger partial charge in [-0.1, -0.05) is 218 Å². The summed E-state index contributed by atoms with van der Waals surface area (Å²) in [5.74, 6) is -0.884. The number of hydrogen-bond donors (Lipinski definition) is 0. The van der Waals surface area contributed by atoms with Crippen LogP contribution in [-0.2, 0) is 28.6 Å². The second-order valence-electron chi connectivity index (χ2n) is 17.8. The fraction of sp³-hybridized carbons (Fsp3) is 0.836. The zero-order chi connectivity index (χ0) is 44.4. The van der Waals surface area contributed by atoms with E-state index in [4.69, 9.17) is 14.2 Å². The molecule has 0 fully saturated rings. The van der Waals surface area contributed by atoms with Crippen LogP contribution in [0.5, 0.6) is 0 Å². The Hall–Kier alpha value is -2.37. The Bertz CT molecular complexity index is 1030. The topological polar surface area (TPSA) is 78.9 Å². The molecule has 1 atom stereocenters. The summed E-state index contributed by atoms with van der Waals surface area (Å²) in [4.78, 5) is 37.7. The number of esters is 3. The summed E-state index contributed by atoms with van der Waals surface area (Å²) in [6, 6.07) is 0. The maximum atomic E-state index is 12.7. The average molecular weight is 857 g/mol. The van der Waals surface area contributed by atoms with Crippen molar-refractivity contribution in [3.63, 3.8) is 0 Å². The van der Waals surface area contributed by atoms with Crippen LogP contribution in [0, 0.1) is 0 Å². The number of hydrogen-bond acceptors (Lipinski definition) is 6. The molecule has 0 amide bonds. The maximum Gasteiger partial charge on any atom is 0.306 e. The number of ether oxygens (including phenoxy) is 3. The van der Waals surface area contributed by atoms with Crippen LogP contribution >= 0.6 is 0 Å². The highest BCUT2D eigenvalue weighted by atomic mass is 16.6. The van der Waals surface area contributed by atoms with Gasteiger partial charge in [-0.15, -0.1) is 0 Å². The van der Waals surface area contributed by atoms with Gasteiger partial charge in [0.05, 0.1) is 0 Å². The van der Waals surface area contributed by atoms with Gasteiger partial charge in [0.15, 0.2) is 6.10 Å². The van der Waals surface area contributed by atoms with Gasteiger partial charge in [0.2, 0.25) is 0 Å². The van der Waals surface area contributed by atoms with E-state index in [1.54, 1.807) is 0 Å². The van der Waals surface area contributed by atoms with Crippen molar-refractivity contribution in [2.24, 2.45) is 0 Å². The monoisotopic (exact) mass is 857 g/mol. The van der Waals surface area contributed by atoms with Crippen LogP contribution in [-0.4, -0.2) is 37.2 Å². The molecule has 0 bridgehead atoms. The fourth-order valence-electron chi connectivity index (χ4n) is 7.59. The first-order valence-corrected chi connectivity index (χ1v) is 26.5. The van der Waals surface area contributed by atoms with Crippen LogP contribution in [0.15, 0.2) is 36.5 Å². The molecule has 0 saturated carbocycles. The van der Waals surface area contributed by atoms with Gasteiger partial charge in [-0.05, 0) is 77.0 Å². The van der Waals surface area contributed by atoms with E-state index in [2.05, 4.69) is 57.2 Å². The van der Waals surface area contributed by atoms with Crippen molar-refractivity contribution in [3.05, 3.63) is 36.5 Å². The first-order valence-electron chi connectivity index (χ1n) is 26.5. The van der Waals surface area contributed by atoms with Crippen LogP contribution < -0.4 is 0 Å². The molecule has 0 radical (unpaired) electrons. The van der Waals surface area contributed by atoms with E-state index >= 15 is 0 Å². The average Bonchev–Trinajstić information content (AvgIpc) is 3.26. The van der Waals surface area contributed by atoms with Crippen molar-refractivity contribution in [3.8, 4) is 0 Å². The van der Waals surface area contributed by atoms with Gasteiger partial charge >= 0.3 is 17.9 Å². The lowest BCUT2D eigenvalue weighted by Gasteiger charge is -2.18. The number of rotatable bonds is 48. The van der Waals surface area contributed by atoms with Crippen molar-refractivity contribution < 1.29 is 28.6 Å². The SMILES string of the molecule is CCCCC/C=C\C/C=C\CCCCCCCCCCCC(=O)OCC(COC(=O)CCCCCCC)OC(=O)CCCCCCCCCCC/C=C\CCCCCCCC. The summed E-state index contributed by atoms with van der Waals surface area (Å²) in [5.41, 5.74) is 0. The number of allylic oxidation sites excluding steroid dienone is 6. The van der Waals surface area contributed by atoms with Gasteiger partial charge in [0, 0.05) is 19.3 Å². The lowest BCUT2D eigenvalue weighted by molar-refractivity contribution is -0.167. The Morgan fingerprint density at radius 2 is 0.590 bits per heavy atom. The molecule has 6 heteroatoms. The van der Waals surface area contributed by atoms with Crippen LogP contribution in [0.2, 0.25) is 0 Å². The molecule has 0 aliphatic rings. The summed E-state index contributed by atoms with van der Waals surface area (Å²) in [6.07, 6.45) is 58.8. The summed E-state index contributed by atoms with van der Waals surface area (Å²) in [7, 11) is 0. The largest absolute Gasteiger partial charge is 0.462 e. The van der Waals surface area contributed by atoms with Crippen molar-refractivity contribution in [1.29, 1.82) is 0 Å². The number of carbonyl (C=O) groups is 3. The molecule has 0 aliphatic heterocycles. The minimum absolute atomic E-state index is 0.0736. The van der Waals surface area contributed by atoms with Crippen molar-refractivity contribution in [1.82, 2.24) is 0 Å². The second kappa shape index (κ2) is 50.3. The molecule has 0 aromatic heterocycles. The number of carbonyl (C=O) groups excluding carboxylic acids is 3. The third-order valence-corrected chi connectivity index (χ3v) is 11.6. The molecule has 0 rings (SSSR count).